The van der Waals surface area contributed by atoms with Gasteiger partial charge in [-0.1, -0.05) is 30.3 Å². The molecule has 24 heavy (non-hydrogen) atoms. The number of hydrogen-bond acceptors (Lipinski definition) is 7. The molecule has 0 aliphatic carbocycles. The van der Waals surface area contributed by atoms with Crippen LogP contribution in [0.5, 0.6) is 0 Å². The zero-order valence-electron chi connectivity index (χ0n) is 12.9. The molecule has 1 atom stereocenters. The second-order valence-electron chi connectivity index (χ2n) is 4.76. The first kappa shape index (κ1) is 22.0. The second-order valence-corrected chi connectivity index (χ2v) is 8.33. The lowest BCUT2D eigenvalue weighted by molar-refractivity contribution is -0.121. The monoisotopic (exact) mass is 377 g/mol. The Morgan fingerprint density at radius 2 is 1.79 bits per heavy atom. The summed E-state index contributed by atoms with van der Waals surface area (Å²) < 4.78 is 49.6. The minimum atomic E-state index is -3.67. The fourth-order valence-corrected chi connectivity index (χ4v) is 3.01. The summed E-state index contributed by atoms with van der Waals surface area (Å²) in [7, 11) is -7.14. The van der Waals surface area contributed by atoms with Gasteiger partial charge in [0.2, 0.25) is 5.91 Å². The number of nitriles is 1. The highest BCUT2D eigenvalue weighted by Gasteiger charge is 2.22. The van der Waals surface area contributed by atoms with Crippen LogP contribution in [0.4, 0.5) is 0 Å². The number of rotatable bonds is 6. The zero-order valence-corrected chi connectivity index (χ0v) is 14.5. The van der Waals surface area contributed by atoms with E-state index in [0.717, 1.165) is 0 Å². The van der Waals surface area contributed by atoms with Gasteiger partial charge in [0.1, 0.15) is 6.54 Å². The summed E-state index contributed by atoms with van der Waals surface area (Å²) in [6.07, 6.45) is 0.715. The predicted molar refractivity (Wildman–Crippen MR) is 88.0 cm³/mol. The maximum atomic E-state index is 11.9. The molecule has 0 heterocycles. The van der Waals surface area contributed by atoms with Gasteiger partial charge in [0.05, 0.1) is 29.9 Å². The van der Waals surface area contributed by atoms with Crippen LogP contribution in [-0.4, -0.2) is 51.9 Å². The minimum absolute atomic E-state index is 0.160. The van der Waals surface area contributed by atoms with Gasteiger partial charge in [-0.05, 0) is 5.56 Å². The van der Waals surface area contributed by atoms with Crippen molar-refractivity contribution in [1.82, 2.24) is 5.32 Å². The third kappa shape index (κ3) is 12.5. The van der Waals surface area contributed by atoms with Crippen LogP contribution in [0.25, 0.3) is 0 Å². The van der Waals surface area contributed by atoms with Crippen molar-refractivity contribution >= 4 is 25.9 Å². The van der Waals surface area contributed by atoms with E-state index in [1.807, 2.05) is 0 Å². The van der Waals surface area contributed by atoms with Crippen LogP contribution in [0, 0.1) is 11.3 Å². The van der Waals surface area contributed by atoms with Gasteiger partial charge in [-0.3, -0.25) is 9.35 Å². The molecule has 1 aromatic carbocycles. The standard InChI is InChI=1S/C12H15N3O3S.CH4O3S/c13-6-7-15-12(16)11(14)9-19(17,18)8-10-4-2-1-3-5-10;1-5(2,3)4/h1-5,11H,7-9,14H2,(H,15,16);1H3,(H,2,3,4). The molecule has 0 bridgehead atoms. The number of nitrogens with zero attached hydrogens (tertiary/aromatic N) is 1. The van der Waals surface area contributed by atoms with E-state index >= 15 is 0 Å². The van der Waals surface area contributed by atoms with Gasteiger partial charge >= 0.3 is 0 Å². The summed E-state index contributed by atoms with van der Waals surface area (Å²) in [6.45, 7) is -0.189. The molecule has 0 aliphatic rings. The maximum Gasteiger partial charge on any atom is 0.261 e. The largest absolute Gasteiger partial charge is 0.342 e. The fraction of sp³-hybridized carbons (Fsp3) is 0.385. The lowest BCUT2D eigenvalue weighted by Gasteiger charge is -2.11. The lowest BCUT2D eigenvalue weighted by Crippen LogP contribution is -2.45. The van der Waals surface area contributed by atoms with Crippen LogP contribution < -0.4 is 11.1 Å². The molecular formula is C13H19N3O6S2. The van der Waals surface area contributed by atoms with Crippen LogP contribution in [0.1, 0.15) is 5.56 Å². The van der Waals surface area contributed by atoms with Crippen LogP contribution in [0.15, 0.2) is 30.3 Å². The summed E-state index contributed by atoms with van der Waals surface area (Å²) in [5, 5.41) is 10.5. The van der Waals surface area contributed by atoms with E-state index in [1.165, 1.54) is 0 Å². The number of carbonyl (C=O) groups excluding carboxylic acids is 1. The number of amides is 1. The van der Waals surface area contributed by atoms with Crippen molar-refractivity contribution in [3.63, 3.8) is 0 Å². The van der Waals surface area contributed by atoms with Crippen molar-refractivity contribution in [3.05, 3.63) is 35.9 Å². The smallest absolute Gasteiger partial charge is 0.261 e. The van der Waals surface area contributed by atoms with Gasteiger partial charge < -0.3 is 11.1 Å². The topological polar surface area (TPSA) is 167 Å². The highest BCUT2D eigenvalue weighted by atomic mass is 32.2. The molecule has 134 valence electrons. The number of nitrogens with two attached hydrogens (primary N) is 1. The summed E-state index contributed by atoms with van der Waals surface area (Å²) >= 11 is 0. The Bertz CT molecular complexity index is 762. The molecule has 1 unspecified atom stereocenters. The molecular weight excluding hydrogens is 358 g/mol. The molecule has 9 nitrogen and oxygen atoms in total. The molecule has 1 amide bonds. The van der Waals surface area contributed by atoms with E-state index in [1.54, 1.807) is 36.4 Å². The first-order valence-corrected chi connectivity index (χ1v) is 10.2. The number of nitrogens with one attached hydrogen (secondary N) is 1. The maximum absolute atomic E-state index is 11.9. The molecule has 0 fully saturated rings. The lowest BCUT2D eigenvalue weighted by atomic mass is 10.2. The van der Waals surface area contributed by atoms with Gasteiger partial charge in [-0.15, -0.1) is 0 Å². The molecule has 0 saturated heterocycles. The van der Waals surface area contributed by atoms with Crippen LogP contribution in [0.3, 0.4) is 0 Å². The zero-order chi connectivity index (χ0) is 18.8. The molecule has 0 aliphatic heterocycles. The van der Waals surface area contributed by atoms with E-state index in [9.17, 15) is 21.6 Å². The van der Waals surface area contributed by atoms with Crippen LogP contribution in [0.2, 0.25) is 0 Å². The summed E-state index contributed by atoms with van der Waals surface area (Å²) in [4.78, 5) is 11.4. The van der Waals surface area contributed by atoms with Crippen molar-refractivity contribution in [2.24, 2.45) is 5.73 Å². The second kappa shape index (κ2) is 9.99. The Hall–Kier alpha value is -2.00. The van der Waals surface area contributed by atoms with Gasteiger partial charge in [0.15, 0.2) is 9.84 Å². The van der Waals surface area contributed by atoms with Crippen LogP contribution in [-0.2, 0) is 30.5 Å². The highest BCUT2D eigenvalue weighted by molar-refractivity contribution is 7.90. The average molecular weight is 377 g/mol. The van der Waals surface area contributed by atoms with E-state index in [4.69, 9.17) is 15.5 Å². The van der Waals surface area contributed by atoms with Gasteiger partial charge in [0.25, 0.3) is 10.1 Å². The summed E-state index contributed by atoms with van der Waals surface area (Å²) in [5.74, 6) is -1.25. The molecule has 0 radical (unpaired) electrons. The molecule has 11 heteroatoms. The SMILES string of the molecule is CS(=O)(=O)O.N#CCNC(=O)C(N)CS(=O)(=O)Cc1ccccc1. The highest BCUT2D eigenvalue weighted by Crippen LogP contribution is 2.06. The Balaban J connectivity index is 0.000000922. The average Bonchev–Trinajstić information content (AvgIpc) is 2.42. The Morgan fingerprint density at radius 1 is 1.29 bits per heavy atom. The normalized spacial score (nSPS) is 12.2. The molecule has 0 spiro atoms. The fourth-order valence-electron chi connectivity index (χ4n) is 1.49. The number of sulfone groups is 1. The molecule has 1 rings (SSSR count). The van der Waals surface area contributed by atoms with E-state index in [-0.39, 0.29) is 12.3 Å². The van der Waals surface area contributed by atoms with E-state index in [0.29, 0.717) is 11.8 Å². The number of benzene rings is 1. The third-order valence-corrected chi connectivity index (χ3v) is 3.98. The van der Waals surface area contributed by atoms with Gasteiger partial charge in [0, 0.05) is 0 Å². The third-order valence-electron chi connectivity index (χ3n) is 2.34. The Kier molecular flexibility index (Phi) is 9.16. The summed E-state index contributed by atoms with van der Waals surface area (Å²) in [5.41, 5.74) is 6.14. The Labute approximate surface area is 141 Å². The predicted octanol–water partition coefficient (Wildman–Crippen LogP) is -0.928. The number of carbonyl (C=O) groups is 1. The minimum Gasteiger partial charge on any atom is -0.342 e. The molecule has 4 N–H and O–H groups in total. The summed E-state index contributed by atoms with van der Waals surface area (Å²) in [6, 6.07) is 9.21. The Morgan fingerprint density at radius 3 is 2.25 bits per heavy atom. The number of hydrogen-bond donors (Lipinski definition) is 3. The van der Waals surface area contributed by atoms with Crippen LogP contribution >= 0.6 is 0 Å². The van der Waals surface area contributed by atoms with E-state index in [2.05, 4.69) is 5.32 Å². The quantitative estimate of drug-likeness (QED) is 0.422. The van der Waals surface area contributed by atoms with Crippen molar-refractivity contribution in [3.8, 4) is 6.07 Å². The molecule has 1 aromatic rings. The van der Waals surface area contributed by atoms with Gasteiger partial charge in [-0.25, -0.2) is 8.42 Å². The van der Waals surface area contributed by atoms with E-state index < -0.39 is 37.7 Å². The first-order chi connectivity index (χ1) is 10.9. The van der Waals surface area contributed by atoms with Crippen molar-refractivity contribution < 1.29 is 26.2 Å². The molecule has 0 saturated carbocycles. The first-order valence-electron chi connectivity index (χ1n) is 6.51. The van der Waals surface area contributed by atoms with Crippen molar-refractivity contribution in [2.75, 3.05) is 18.6 Å². The van der Waals surface area contributed by atoms with Crippen molar-refractivity contribution in [1.29, 1.82) is 5.26 Å². The molecule has 0 aromatic heterocycles. The van der Waals surface area contributed by atoms with Gasteiger partial charge in [-0.2, -0.15) is 13.7 Å². The van der Waals surface area contributed by atoms with Crippen molar-refractivity contribution in [2.45, 2.75) is 11.8 Å².